The Bertz CT molecular complexity index is 663. The average molecular weight is 423 g/mol. The van der Waals surface area contributed by atoms with Gasteiger partial charge in [0.15, 0.2) is 0 Å². The summed E-state index contributed by atoms with van der Waals surface area (Å²) in [6.07, 6.45) is 9.59. The summed E-state index contributed by atoms with van der Waals surface area (Å²) in [6, 6.07) is 0.0287. The van der Waals surface area contributed by atoms with Crippen molar-refractivity contribution in [2.24, 2.45) is 0 Å². The Hall–Kier alpha value is -0.260. The Morgan fingerprint density at radius 2 is 1.22 bits per heavy atom. The molecule has 0 amide bonds. The van der Waals surface area contributed by atoms with Gasteiger partial charge in [-0.1, -0.05) is 25.7 Å². The van der Waals surface area contributed by atoms with Crippen LogP contribution in [0.25, 0.3) is 0 Å². The van der Waals surface area contributed by atoms with Gasteiger partial charge >= 0.3 is 0 Å². The predicted molar refractivity (Wildman–Crippen MR) is 106 cm³/mol. The van der Waals surface area contributed by atoms with Gasteiger partial charge in [-0.15, -0.1) is 0 Å². The number of hydrogen-bond acceptors (Lipinski definition) is 4. The molecule has 3 aliphatic rings. The van der Waals surface area contributed by atoms with Gasteiger partial charge in [-0.25, -0.2) is 4.72 Å². The predicted octanol–water partition coefficient (Wildman–Crippen LogP) is 1.28. The van der Waals surface area contributed by atoms with E-state index in [1.54, 1.807) is 4.31 Å². The second kappa shape index (κ2) is 9.49. The first kappa shape index (κ1) is 21.4. The molecule has 3 rings (SSSR count). The van der Waals surface area contributed by atoms with Gasteiger partial charge in [0.2, 0.25) is 0 Å². The quantitative estimate of drug-likeness (QED) is 0.638. The van der Waals surface area contributed by atoms with Crippen LogP contribution in [0.4, 0.5) is 0 Å². The summed E-state index contributed by atoms with van der Waals surface area (Å²) in [5, 5.41) is 0. The summed E-state index contributed by atoms with van der Waals surface area (Å²) in [5.41, 5.74) is 0. The number of rotatable bonds is 8. The van der Waals surface area contributed by atoms with E-state index in [1.807, 2.05) is 0 Å². The number of hydrogen-bond donors (Lipinski definition) is 1. The highest BCUT2D eigenvalue weighted by Gasteiger charge is 2.40. The lowest BCUT2D eigenvalue weighted by molar-refractivity contribution is 0.334. The van der Waals surface area contributed by atoms with Crippen LogP contribution in [0.5, 0.6) is 0 Å². The van der Waals surface area contributed by atoms with Gasteiger partial charge in [0.1, 0.15) is 0 Å². The van der Waals surface area contributed by atoms with Crippen LogP contribution in [-0.2, 0) is 20.4 Å². The van der Waals surface area contributed by atoms with E-state index < -0.39 is 20.4 Å². The molecule has 1 N–H and O–H groups in total. The lowest BCUT2D eigenvalue weighted by Gasteiger charge is -2.29. The molecule has 1 aliphatic carbocycles. The average Bonchev–Trinajstić information content (AvgIpc) is 3.47. The molecule has 8 nitrogen and oxygen atoms in total. The van der Waals surface area contributed by atoms with Crippen molar-refractivity contribution < 1.29 is 16.8 Å². The smallest absolute Gasteiger partial charge is 0.201 e. The van der Waals surface area contributed by atoms with E-state index >= 15 is 0 Å². The molecule has 1 saturated carbocycles. The Morgan fingerprint density at radius 3 is 1.70 bits per heavy atom. The second-order valence-corrected chi connectivity index (χ2v) is 11.5. The van der Waals surface area contributed by atoms with Crippen LogP contribution in [0.2, 0.25) is 0 Å². The molecule has 10 heteroatoms. The van der Waals surface area contributed by atoms with Crippen molar-refractivity contribution in [1.29, 1.82) is 0 Å². The zero-order chi connectivity index (χ0) is 19.3. The zero-order valence-electron chi connectivity index (χ0n) is 16.2. The third-order valence-corrected chi connectivity index (χ3v) is 9.37. The van der Waals surface area contributed by atoms with E-state index in [2.05, 4.69) is 4.72 Å². The molecule has 27 heavy (non-hydrogen) atoms. The van der Waals surface area contributed by atoms with Crippen molar-refractivity contribution in [3.63, 3.8) is 0 Å². The molecule has 0 bridgehead atoms. The van der Waals surface area contributed by atoms with Gasteiger partial charge in [0, 0.05) is 45.3 Å². The maximum Gasteiger partial charge on any atom is 0.282 e. The molecule has 0 aromatic heterocycles. The first-order valence-corrected chi connectivity index (χ1v) is 13.3. The van der Waals surface area contributed by atoms with Crippen LogP contribution in [0.1, 0.15) is 64.2 Å². The van der Waals surface area contributed by atoms with E-state index in [-0.39, 0.29) is 19.1 Å². The fourth-order valence-electron chi connectivity index (χ4n) is 3.93. The van der Waals surface area contributed by atoms with E-state index in [0.29, 0.717) is 26.2 Å². The zero-order valence-corrected chi connectivity index (χ0v) is 17.8. The molecular weight excluding hydrogens is 388 g/mol. The molecule has 0 unspecified atom stereocenters. The minimum Gasteiger partial charge on any atom is -0.201 e. The summed E-state index contributed by atoms with van der Waals surface area (Å²) < 4.78 is 58.5. The molecular formula is C17H34N4O4S2. The van der Waals surface area contributed by atoms with Crippen LogP contribution in [-0.4, -0.2) is 75.1 Å². The van der Waals surface area contributed by atoms with Crippen molar-refractivity contribution >= 4 is 20.4 Å². The maximum absolute atomic E-state index is 13.1. The molecule has 0 aromatic rings. The van der Waals surface area contributed by atoms with Gasteiger partial charge in [-0.2, -0.15) is 29.8 Å². The lowest BCUT2D eigenvalue weighted by Crippen LogP contribution is -2.49. The van der Waals surface area contributed by atoms with Gasteiger partial charge in [0.05, 0.1) is 0 Å². The van der Waals surface area contributed by atoms with Gasteiger partial charge in [-0.3, -0.25) is 0 Å². The Kier molecular flexibility index (Phi) is 7.54. The van der Waals surface area contributed by atoms with Crippen molar-refractivity contribution in [3.8, 4) is 0 Å². The van der Waals surface area contributed by atoms with E-state index in [4.69, 9.17) is 0 Å². The molecule has 0 aromatic carbocycles. The monoisotopic (exact) mass is 422 g/mol. The largest absolute Gasteiger partial charge is 0.282 e. The summed E-state index contributed by atoms with van der Waals surface area (Å²) in [4.78, 5) is 0. The molecule has 2 aliphatic heterocycles. The summed E-state index contributed by atoms with van der Waals surface area (Å²) in [7, 11) is -7.05. The minimum absolute atomic E-state index is 0.0287. The first-order chi connectivity index (χ1) is 12.9. The normalized spacial score (nSPS) is 24.6. The molecule has 0 atom stereocenters. The highest BCUT2D eigenvalue weighted by atomic mass is 32.2. The van der Waals surface area contributed by atoms with Gasteiger partial charge in [0.25, 0.3) is 20.4 Å². The van der Waals surface area contributed by atoms with Crippen molar-refractivity contribution in [2.75, 3.05) is 39.3 Å². The summed E-state index contributed by atoms with van der Waals surface area (Å²) in [6.45, 7) is 2.58. The van der Waals surface area contributed by atoms with Crippen LogP contribution in [0, 0.1) is 0 Å². The third-order valence-electron chi connectivity index (χ3n) is 5.66. The van der Waals surface area contributed by atoms with Crippen molar-refractivity contribution in [1.82, 2.24) is 17.6 Å². The molecule has 0 radical (unpaired) electrons. The SMILES string of the molecule is O=S(=O)(NCCN(C1CC1)S(=O)(=O)N1CCCCCC1)N1CCCCCC1. The van der Waals surface area contributed by atoms with Crippen LogP contribution >= 0.6 is 0 Å². The first-order valence-electron chi connectivity index (χ1n) is 10.4. The Balaban J connectivity index is 1.58. The van der Waals surface area contributed by atoms with Crippen molar-refractivity contribution in [2.45, 2.75) is 70.3 Å². The van der Waals surface area contributed by atoms with Crippen LogP contribution in [0.3, 0.4) is 0 Å². The van der Waals surface area contributed by atoms with Gasteiger partial charge < -0.3 is 0 Å². The lowest BCUT2D eigenvalue weighted by atomic mass is 10.2. The van der Waals surface area contributed by atoms with Gasteiger partial charge in [-0.05, 0) is 38.5 Å². The molecule has 3 fully saturated rings. The van der Waals surface area contributed by atoms with Crippen LogP contribution < -0.4 is 4.72 Å². The number of nitrogens with one attached hydrogen (secondary N) is 1. The van der Waals surface area contributed by atoms with Crippen molar-refractivity contribution in [3.05, 3.63) is 0 Å². The highest BCUT2D eigenvalue weighted by molar-refractivity contribution is 7.87. The molecule has 0 spiro atoms. The van der Waals surface area contributed by atoms with E-state index in [0.717, 1.165) is 64.2 Å². The highest BCUT2D eigenvalue weighted by Crippen LogP contribution is 2.31. The molecule has 2 heterocycles. The third kappa shape index (κ3) is 5.86. The van der Waals surface area contributed by atoms with Crippen LogP contribution in [0.15, 0.2) is 0 Å². The Morgan fingerprint density at radius 1 is 0.741 bits per heavy atom. The fourth-order valence-corrected chi connectivity index (χ4v) is 7.12. The fraction of sp³-hybridized carbons (Fsp3) is 1.00. The summed E-state index contributed by atoms with van der Waals surface area (Å²) in [5.74, 6) is 0. The standard InChI is InChI=1S/C17H34N4O4S2/c22-26(23,19-12-5-1-2-6-13-19)18-11-16-21(17-9-10-17)27(24,25)20-14-7-3-4-8-15-20/h17-18H,1-16H2. The molecule has 158 valence electrons. The maximum atomic E-state index is 13.1. The number of nitrogens with zero attached hydrogens (tertiary/aromatic N) is 3. The Labute approximate surface area is 164 Å². The summed E-state index contributed by atoms with van der Waals surface area (Å²) >= 11 is 0. The minimum atomic E-state index is -3.54. The van der Waals surface area contributed by atoms with E-state index in [1.165, 1.54) is 8.61 Å². The topological polar surface area (TPSA) is 90.0 Å². The molecule has 2 saturated heterocycles. The van der Waals surface area contributed by atoms with E-state index in [9.17, 15) is 16.8 Å². The second-order valence-electron chi connectivity index (χ2n) is 7.88.